The van der Waals surface area contributed by atoms with Crippen molar-refractivity contribution < 1.29 is 24.6 Å². The molecule has 126 valence electrons. The number of nitrogens with zero attached hydrogens (tertiary/aromatic N) is 1. The molecule has 2 aliphatic heterocycles. The molecule has 1 fully saturated rings. The number of aliphatic carboxylic acids is 1. The van der Waals surface area contributed by atoms with Crippen LogP contribution in [0, 0.1) is 0 Å². The monoisotopic (exact) mass is 349 g/mol. The molecule has 0 aliphatic carbocycles. The smallest absolute Gasteiger partial charge is 0.356 e. The summed E-state index contributed by atoms with van der Waals surface area (Å²) in [6.07, 6.45) is 0. The van der Waals surface area contributed by atoms with Gasteiger partial charge in [0.25, 0.3) is 5.91 Å². The first-order chi connectivity index (χ1) is 11.4. The van der Waals surface area contributed by atoms with E-state index >= 15 is 0 Å². The first-order valence-electron chi connectivity index (χ1n) is 7.12. The number of rotatable bonds is 4. The molecule has 0 saturated carbocycles. The summed E-state index contributed by atoms with van der Waals surface area (Å²) in [5, 5.41) is 20.8. The van der Waals surface area contributed by atoms with E-state index in [1.165, 1.54) is 11.8 Å². The van der Waals surface area contributed by atoms with Crippen LogP contribution in [0.2, 0.25) is 0 Å². The van der Waals surface area contributed by atoms with Crippen LogP contribution in [-0.2, 0) is 14.4 Å². The van der Waals surface area contributed by atoms with E-state index in [2.05, 4.69) is 5.32 Å². The second-order valence-electron chi connectivity index (χ2n) is 5.38. The number of nitrogens with one attached hydrogen (secondary N) is 1. The van der Waals surface area contributed by atoms with Gasteiger partial charge in [0.15, 0.2) is 5.70 Å². The quantitative estimate of drug-likeness (QED) is 0.560. The topological polar surface area (TPSA) is 133 Å². The Hall–Kier alpha value is -2.52. The number of nitrogens with two attached hydrogens (primary N) is 1. The SMILES string of the molecule is N[C@@H](C(=O)N[C@@H]1C(=O)N2C(C(=O)O)=C(O)CS[C@H]12)c1ccccc1. The van der Waals surface area contributed by atoms with E-state index in [-0.39, 0.29) is 11.5 Å². The lowest BCUT2D eigenvalue weighted by Gasteiger charge is -2.48. The lowest BCUT2D eigenvalue weighted by molar-refractivity contribution is -0.151. The molecule has 2 heterocycles. The first-order valence-corrected chi connectivity index (χ1v) is 8.17. The highest BCUT2D eigenvalue weighted by atomic mass is 32.2. The normalized spacial score (nSPS) is 24.0. The fourth-order valence-corrected chi connectivity index (χ4v) is 3.86. The molecule has 2 aliphatic rings. The van der Waals surface area contributed by atoms with E-state index in [1.807, 2.05) is 0 Å². The van der Waals surface area contributed by atoms with Crippen LogP contribution in [0.4, 0.5) is 0 Å². The van der Waals surface area contributed by atoms with Gasteiger partial charge in [0.05, 0.1) is 5.75 Å². The number of thioether (sulfide) groups is 1. The number of hydrogen-bond donors (Lipinski definition) is 4. The summed E-state index contributed by atoms with van der Waals surface area (Å²) in [7, 11) is 0. The Morgan fingerprint density at radius 2 is 2.00 bits per heavy atom. The van der Waals surface area contributed by atoms with Crippen LogP contribution in [0.5, 0.6) is 0 Å². The average Bonchev–Trinajstić information content (AvgIpc) is 2.59. The zero-order valence-electron chi connectivity index (χ0n) is 12.4. The highest BCUT2D eigenvalue weighted by molar-refractivity contribution is 8.00. The molecule has 0 radical (unpaired) electrons. The van der Waals surface area contributed by atoms with Crippen molar-refractivity contribution >= 4 is 29.5 Å². The van der Waals surface area contributed by atoms with Crippen molar-refractivity contribution in [3.8, 4) is 0 Å². The Labute approximate surface area is 141 Å². The molecular weight excluding hydrogens is 334 g/mol. The predicted molar refractivity (Wildman–Crippen MR) is 85.7 cm³/mol. The number of carbonyl (C=O) groups excluding carboxylic acids is 2. The largest absolute Gasteiger partial charge is 0.509 e. The number of β-lactam (4-membered cyclic amide) rings is 1. The fourth-order valence-electron chi connectivity index (χ4n) is 2.66. The summed E-state index contributed by atoms with van der Waals surface area (Å²) in [6.45, 7) is 0. The summed E-state index contributed by atoms with van der Waals surface area (Å²) in [4.78, 5) is 36.6. The Bertz CT molecular complexity index is 736. The molecule has 0 aromatic heterocycles. The van der Waals surface area contributed by atoms with Gasteiger partial charge in [-0.25, -0.2) is 4.79 Å². The molecule has 3 atom stereocenters. The van der Waals surface area contributed by atoms with Gasteiger partial charge in [-0.15, -0.1) is 11.8 Å². The number of carbonyl (C=O) groups is 3. The molecule has 0 spiro atoms. The van der Waals surface area contributed by atoms with E-state index in [4.69, 9.17) is 10.8 Å². The summed E-state index contributed by atoms with van der Waals surface area (Å²) >= 11 is 1.18. The van der Waals surface area contributed by atoms with Crippen molar-refractivity contribution in [2.24, 2.45) is 5.73 Å². The minimum Gasteiger partial charge on any atom is -0.509 e. The van der Waals surface area contributed by atoms with E-state index in [0.29, 0.717) is 5.56 Å². The maximum atomic E-state index is 12.3. The third-order valence-electron chi connectivity index (χ3n) is 3.89. The third-order valence-corrected chi connectivity index (χ3v) is 5.15. The summed E-state index contributed by atoms with van der Waals surface area (Å²) in [6, 6.07) is 6.93. The highest BCUT2D eigenvalue weighted by Gasteiger charge is 2.54. The Morgan fingerprint density at radius 3 is 2.62 bits per heavy atom. The second kappa shape index (κ2) is 6.17. The first kappa shape index (κ1) is 16.3. The van der Waals surface area contributed by atoms with Crippen LogP contribution in [0.3, 0.4) is 0 Å². The van der Waals surface area contributed by atoms with E-state index < -0.39 is 40.9 Å². The molecule has 1 aromatic carbocycles. The van der Waals surface area contributed by atoms with Gasteiger partial charge in [0.2, 0.25) is 5.91 Å². The van der Waals surface area contributed by atoms with Crippen molar-refractivity contribution in [2.75, 3.05) is 5.75 Å². The van der Waals surface area contributed by atoms with Crippen LogP contribution in [0.15, 0.2) is 41.8 Å². The van der Waals surface area contributed by atoms with Gasteiger partial charge in [0.1, 0.15) is 23.2 Å². The van der Waals surface area contributed by atoms with Crippen molar-refractivity contribution in [3.05, 3.63) is 47.4 Å². The molecule has 3 rings (SSSR count). The van der Waals surface area contributed by atoms with E-state index in [1.54, 1.807) is 30.3 Å². The predicted octanol–water partition coefficient (Wildman–Crippen LogP) is -0.0595. The average molecular weight is 349 g/mol. The fraction of sp³-hybridized carbons (Fsp3) is 0.267. The zero-order chi connectivity index (χ0) is 17.4. The number of hydrogen-bond acceptors (Lipinski definition) is 6. The van der Waals surface area contributed by atoms with Gasteiger partial charge < -0.3 is 21.3 Å². The lowest BCUT2D eigenvalue weighted by Crippen LogP contribution is -2.71. The molecule has 5 N–H and O–H groups in total. The molecule has 0 unspecified atom stereocenters. The Balaban J connectivity index is 1.71. The van der Waals surface area contributed by atoms with Crippen LogP contribution >= 0.6 is 11.8 Å². The number of aliphatic hydroxyl groups is 1. The number of aliphatic hydroxyl groups excluding tert-OH is 1. The summed E-state index contributed by atoms with van der Waals surface area (Å²) in [5.74, 6) is -2.77. The molecule has 1 saturated heterocycles. The van der Waals surface area contributed by atoms with Gasteiger partial charge in [-0.3, -0.25) is 14.5 Å². The number of carboxylic acid groups (broad SMARTS) is 1. The van der Waals surface area contributed by atoms with Gasteiger partial charge in [-0.1, -0.05) is 30.3 Å². The van der Waals surface area contributed by atoms with Gasteiger partial charge in [-0.05, 0) is 5.56 Å². The molecule has 8 nitrogen and oxygen atoms in total. The van der Waals surface area contributed by atoms with Gasteiger partial charge in [-0.2, -0.15) is 0 Å². The maximum Gasteiger partial charge on any atom is 0.356 e. The molecule has 9 heteroatoms. The number of fused-ring (bicyclic) bond motifs is 1. The van der Waals surface area contributed by atoms with Crippen molar-refractivity contribution in [1.29, 1.82) is 0 Å². The second-order valence-corrected chi connectivity index (χ2v) is 6.49. The van der Waals surface area contributed by atoms with Crippen molar-refractivity contribution in [2.45, 2.75) is 17.5 Å². The lowest BCUT2D eigenvalue weighted by atomic mass is 10.0. The molecule has 0 bridgehead atoms. The maximum absolute atomic E-state index is 12.3. The zero-order valence-corrected chi connectivity index (χ0v) is 13.2. The van der Waals surface area contributed by atoms with Crippen molar-refractivity contribution in [3.63, 3.8) is 0 Å². The van der Waals surface area contributed by atoms with Crippen LogP contribution in [-0.4, -0.2) is 50.1 Å². The van der Waals surface area contributed by atoms with Gasteiger partial charge >= 0.3 is 5.97 Å². The summed E-state index contributed by atoms with van der Waals surface area (Å²) < 4.78 is 0. The number of carboxylic acids is 1. The van der Waals surface area contributed by atoms with Crippen LogP contribution in [0.25, 0.3) is 0 Å². The summed E-state index contributed by atoms with van der Waals surface area (Å²) in [5.41, 5.74) is 6.07. The van der Waals surface area contributed by atoms with Crippen LogP contribution < -0.4 is 11.1 Å². The standard InChI is InChI=1S/C15H15N3O5S/c16-9(7-4-2-1-3-5-7)12(20)17-10-13(21)18-11(15(22)23)8(19)6-24-14(10)18/h1-5,9-10,14,19H,6,16H2,(H,17,20)(H,22,23)/t9-,10-,14-/m1/s1. The van der Waals surface area contributed by atoms with E-state index in [0.717, 1.165) is 4.90 Å². The minimum absolute atomic E-state index is 0.0627. The minimum atomic E-state index is -1.38. The van der Waals surface area contributed by atoms with Crippen molar-refractivity contribution in [1.82, 2.24) is 10.2 Å². The Morgan fingerprint density at radius 1 is 1.33 bits per heavy atom. The number of amides is 2. The molecule has 24 heavy (non-hydrogen) atoms. The number of benzene rings is 1. The third kappa shape index (κ3) is 2.61. The van der Waals surface area contributed by atoms with Gasteiger partial charge in [0, 0.05) is 0 Å². The molecule has 1 aromatic rings. The Kier molecular flexibility index (Phi) is 4.20. The molecule has 2 amide bonds. The van der Waals surface area contributed by atoms with Crippen LogP contribution in [0.1, 0.15) is 11.6 Å². The highest BCUT2D eigenvalue weighted by Crippen LogP contribution is 2.39. The molecular formula is C15H15N3O5S. The van der Waals surface area contributed by atoms with E-state index in [9.17, 15) is 19.5 Å².